The lowest BCUT2D eigenvalue weighted by molar-refractivity contribution is 0.0336. The summed E-state index contributed by atoms with van der Waals surface area (Å²) in [4.78, 5) is 10.7. The van der Waals surface area contributed by atoms with Crippen molar-refractivity contribution in [2.24, 2.45) is 0 Å². The Labute approximate surface area is 111 Å². The largest absolute Gasteiger partial charge is 0.550 e. The lowest BCUT2D eigenvalue weighted by Crippen LogP contribution is -2.20. The van der Waals surface area contributed by atoms with Crippen molar-refractivity contribution in [2.75, 3.05) is 0 Å². The van der Waals surface area contributed by atoms with E-state index in [2.05, 4.69) is 12.1 Å². The summed E-state index contributed by atoms with van der Waals surface area (Å²) < 4.78 is 4.85. The first kappa shape index (κ1) is 11.8. The Hall–Kier alpha value is -2.29. The summed E-state index contributed by atoms with van der Waals surface area (Å²) in [6, 6.07) is 16.1. The summed E-state index contributed by atoms with van der Waals surface area (Å²) in [6.07, 6.45) is -1.94. The Morgan fingerprint density at radius 1 is 1.00 bits per heavy atom. The van der Waals surface area contributed by atoms with Gasteiger partial charge < -0.3 is 4.74 Å². The van der Waals surface area contributed by atoms with E-state index >= 15 is 0 Å². The monoisotopic (exact) mass is 253 g/mol. The summed E-state index contributed by atoms with van der Waals surface area (Å²) in [5, 5.41) is 10.7. The van der Waals surface area contributed by atoms with Gasteiger partial charge >= 0.3 is 6.16 Å². The van der Waals surface area contributed by atoms with Crippen molar-refractivity contribution in [3.05, 3.63) is 59.7 Å². The van der Waals surface area contributed by atoms with Gasteiger partial charge in [0.05, 0.1) is 0 Å². The van der Waals surface area contributed by atoms with Crippen molar-refractivity contribution in [3.63, 3.8) is 0 Å². The molecular weight excluding hydrogens is 240 g/mol. The zero-order chi connectivity index (χ0) is 13.4. The predicted molar refractivity (Wildman–Crippen MR) is 70.4 cm³/mol. The average molecular weight is 253 g/mol. The fraction of sp³-hybridized carbons (Fsp3) is 0.188. The molecule has 3 heteroatoms. The third-order valence-corrected chi connectivity index (χ3v) is 3.63. The molecule has 19 heavy (non-hydrogen) atoms. The van der Waals surface area contributed by atoms with Crippen LogP contribution in [0.5, 0.6) is 0 Å². The number of benzene rings is 2. The highest BCUT2D eigenvalue weighted by atomic mass is 16.7. The molecule has 0 saturated carbocycles. The molecule has 1 radical (unpaired) electrons. The Balaban J connectivity index is 2.12. The predicted octanol–water partition coefficient (Wildman–Crippen LogP) is 3.75. The van der Waals surface area contributed by atoms with E-state index in [4.69, 9.17) is 4.74 Å². The number of carbonyl (C=O) groups excluding carboxylic acids is 1. The second-order valence-corrected chi connectivity index (χ2v) is 4.73. The van der Waals surface area contributed by atoms with Gasteiger partial charge in [-0.05, 0) is 29.2 Å². The Kier molecular flexibility index (Phi) is 2.75. The quantitative estimate of drug-likeness (QED) is 0.765. The summed E-state index contributed by atoms with van der Waals surface area (Å²) in [5.74, 6) is -0.0645. The van der Waals surface area contributed by atoms with Gasteiger partial charge in [0.2, 0.25) is 0 Å². The minimum absolute atomic E-state index is 0.0645. The molecule has 0 N–H and O–H groups in total. The van der Waals surface area contributed by atoms with Crippen molar-refractivity contribution in [1.29, 1.82) is 0 Å². The number of fused-ring (bicyclic) bond motifs is 3. The number of hydrogen-bond donors (Lipinski definition) is 0. The minimum atomic E-state index is -1.48. The van der Waals surface area contributed by atoms with E-state index in [0.29, 0.717) is 0 Å². The van der Waals surface area contributed by atoms with Gasteiger partial charge in [-0.3, -0.25) is 0 Å². The molecule has 3 nitrogen and oxygen atoms in total. The molecule has 0 saturated heterocycles. The first-order valence-electron chi connectivity index (χ1n) is 6.24. The fourth-order valence-electron chi connectivity index (χ4n) is 2.92. The maximum absolute atomic E-state index is 10.7. The van der Waals surface area contributed by atoms with E-state index in [0.717, 1.165) is 22.3 Å². The van der Waals surface area contributed by atoms with Crippen LogP contribution in [0.2, 0.25) is 0 Å². The minimum Gasteiger partial charge on any atom is -0.428 e. The standard InChI is InChI=1S/C16H13O3/c1-10(19-16(17)18)15-13-8-4-2-6-11(13)12-7-3-5-9-14(12)15/h2-10,15H,1H3. The van der Waals surface area contributed by atoms with Gasteiger partial charge in [0.1, 0.15) is 6.10 Å². The van der Waals surface area contributed by atoms with Crippen LogP contribution in [-0.4, -0.2) is 12.3 Å². The molecule has 1 atom stereocenters. The van der Waals surface area contributed by atoms with Gasteiger partial charge in [-0.1, -0.05) is 48.5 Å². The van der Waals surface area contributed by atoms with Crippen molar-refractivity contribution in [3.8, 4) is 11.1 Å². The maximum atomic E-state index is 10.7. The Bertz CT molecular complexity index is 588. The lowest BCUT2D eigenvalue weighted by atomic mass is 9.92. The highest BCUT2D eigenvalue weighted by Crippen LogP contribution is 2.46. The number of ether oxygens (including phenoxy) is 1. The topological polar surface area (TPSA) is 46.2 Å². The van der Waals surface area contributed by atoms with Crippen LogP contribution in [0.4, 0.5) is 4.79 Å². The second-order valence-electron chi connectivity index (χ2n) is 4.73. The van der Waals surface area contributed by atoms with Gasteiger partial charge in [-0.2, -0.15) is 9.90 Å². The molecule has 95 valence electrons. The van der Waals surface area contributed by atoms with E-state index < -0.39 is 12.3 Å². The summed E-state index contributed by atoms with van der Waals surface area (Å²) in [7, 11) is 0. The molecule has 0 bridgehead atoms. The first-order chi connectivity index (χ1) is 9.18. The van der Waals surface area contributed by atoms with E-state index in [1.165, 1.54) is 0 Å². The van der Waals surface area contributed by atoms with Gasteiger partial charge in [0.25, 0.3) is 0 Å². The van der Waals surface area contributed by atoms with E-state index in [9.17, 15) is 9.90 Å². The number of rotatable bonds is 2. The molecular formula is C16H13O3. The normalized spacial score (nSPS) is 14.6. The summed E-state index contributed by atoms with van der Waals surface area (Å²) >= 11 is 0. The van der Waals surface area contributed by atoms with Crippen LogP contribution in [0.25, 0.3) is 11.1 Å². The molecule has 0 fully saturated rings. The van der Waals surface area contributed by atoms with E-state index in [-0.39, 0.29) is 5.92 Å². The van der Waals surface area contributed by atoms with Crippen LogP contribution in [-0.2, 0) is 9.84 Å². The molecule has 0 amide bonds. The molecule has 2 aromatic rings. The average Bonchev–Trinajstić information content (AvgIpc) is 2.72. The highest BCUT2D eigenvalue weighted by molar-refractivity contribution is 5.79. The maximum Gasteiger partial charge on any atom is 0.550 e. The molecule has 3 rings (SSSR count). The Morgan fingerprint density at radius 2 is 1.47 bits per heavy atom. The van der Waals surface area contributed by atoms with Crippen molar-refractivity contribution in [2.45, 2.75) is 18.9 Å². The molecule has 1 aliphatic carbocycles. The number of hydrogen-bond acceptors (Lipinski definition) is 2. The molecule has 0 aromatic heterocycles. The third kappa shape index (κ3) is 1.87. The fourth-order valence-corrected chi connectivity index (χ4v) is 2.92. The third-order valence-electron chi connectivity index (χ3n) is 3.63. The van der Waals surface area contributed by atoms with Gasteiger partial charge in [0.15, 0.2) is 0 Å². The molecule has 2 aromatic carbocycles. The van der Waals surface area contributed by atoms with Gasteiger partial charge in [-0.25, -0.2) is 0 Å². The number of carbonyl (C=O) groups is 1. The first-order valence-corrected chi connectivity index (χ1v) is 6.24. The van der Waals surface area contributed by atoms with Crippen LogP contribution in [0.15, 0.2) is 48.5 Å². The Morgan fingerprint density at radius 3 is 1.95 bits per heavy atom. The summed E-state index contributed by atoms with van der Waals surface area (Å²) in [5.41, 5.74) is 4.52. The highest BCUT2D eigenvalue weighted by Gasteiger charge is 2.33. The van der Waals surface area contributed by atoms with E-state index in [1.54, 1.807) is 6.92 Å². The smallest absolute Gasteiger partial charge is 0.428 e. The summed E-state index contributed by atoms with van der Waals surface area (Å²) in [6.45, 7) is 1.76. The van der Waals surface area contributed by atoms with Crippen LogP contribution >= 0.6 is 0 Å². The second kappa shape index (κ2) is 4.43. The molecule has 1 unspecified atom stereocenters. The lowest BCUT2D eigenvalue weighted by Gasteiger charge is -2.20. The zero-order valence-corrected chi connectivity index (χ0v) is 10.5. The van der Waals surface area contributed by atoms with Crippen LogP contribution in [0.1, 0.15) is 24.0 Å². The van der Waals surface area contributed by atoms with Crippen LogP contribution in [0.3, 0.4) is 0 Å². The van der Waals surface area contributed by atoms with Crippen LogP contribution in [0, 0.1) is 0 Å². The molecule has 1 aliphatic rings. The van der Waals surface area contributed by atoms with Crippen molar-refractivity contribution >= 4 is 6.16 Å². The molecule has 0 spiro atoms. The SMILES string of the molecule is CC(OC([O])=O)C1c2ccccc2-c2ccccc21. The molecule has 0 heterocycles. The van der Waals surface area contributed by atoms with Gasteiger partial charge in [-0.15, -0.1) is 0 Å². The van der Waals surface area contributed by atoms with Gasteiger partial charge in [0, 0.05) is 5.92 Å². The molecule has 0 aliphatic heterocycles. The van der Waals surface area contributed by atoms with Crippen molar-refractivity contribution in [1.82, 2.24) is 0 Å². The van der Waals surface area contributed by atoms with Crippen LogP contribution < -0.4 is 0 Å². The van der Waals surface area contributed by atoms with Crippen molar-refractivity contribution < 1.29 is 14.6 Å². The van der Waals surface area contributed by atoms with E-state index in [1.807, 2.05) is 36.4 Å². The zero-order valence-electron chi connectivity index (χ0n) is 10.5.